The number of hydrogen-bond donors (Lipinski definition) is 2. The fourth-order valence-electron chi connectivity index (χ4n) is 6.83. The maximum Gasteiger partial charge on any atom is 0.305 e. The van der Waals surface area contributed by atoms with Crippen molar-refractivity contribution in [2.45, 2.75) is 141 Å². The molecule has 57 heavy (non-hydrogen) atoms. The van der Waals surface area contributed by atoms with Gasteiger partial charge in [0.15, 0.2) is 0 Å². The highest BCUT2D eigenvalue weighted by Crippen LogP contribution is 2.32. The first-order chi connectivity index (χ1) is 27.8. The van der Waals surface area contributed by atoms with E-state index in [4.69, 9.17) is 23.7 Å². The van der Waals surface area contributed by atoms with E-state index in [2.05, 4.69) is 17.6 Å². The summed E-state index contributed by atoms with van der Waals surface area (Å²) < 4.78 is 27.3. The maximum absolute atomic E-state index is 13.2. The molecule has 2 aliphatic heterocycles. The molecular weight excluding hydrogens is 734 g/mol. The van der Waals surface area contributed by atoms with Crippen LogP contribution < -0.4 is 10.6 Å². The molecule has 0 saturated carbocycles. The molecule has 320 valence electrons. The summed E-state index contributed by atoms with van der Waals surface area (Å²) >= 11 is 0. The van der Waals surface area contributed by atoms with E-state index in [0.29, 0.717) is 65.7 Å². The number of hydrogen-bond acceptors (Lipinski definition) is 11. The van der Waals surface area contributed by atoms with Gasteiger partial charge in [0.05, 0.1) is 63.1 Å². The number of nitrogens with zero attached hydrogens (tertiary/aromatic N) is 1. The summed E-state index contributed by atoms with van der Waals surface area (Å²) in [5, 5.41) is 4.91. The summed E-state index contributed by atoms with van der Waals surface area (Å²) in [7, 11) is 0. The van der Waals surface area contributed by atoms with Gasteiger partial charge in [-0.3, -0.25) is 39.0 Å². The second-order valence-electron chi connectivity index (χ2n) is 14.7. The first kappa shape index (κ1) is 47.7. The van der Waals surface area contributed by atoms with E-state index >= 15 is 0 Å². The summed E-state index contributed by atoms with van der Waals surface area (Å²) in [6.07, 6.45) is 19.5. The molecule has 3 rings (SSSR count). The summed E-state index contributed by atoms with van der Waals surface area (Å²) in [5.41, 5.74) is 0.388. The van der Waals surface area contributed by atoms with Crippen LogP contribution in [0.2, 0.25) is 0 Å². The summed E-state index contributed by atoms with van der Waals surface area (Å²) in [6, 6.07) is 3.54. The summed E-state index contributed by atoms with van der Waals surface area (Å²) in [4.78, 5) is 75.5. The van der Waals surface area contributed by atoms with Crippen LogP contribution in [0.3, 0.4) is 0 Å². The molecule has 0 bridgehead atoms. The number of carbonyl (C=O) groups is 6. The highest BCUT2D eigenvalue weighted by atomic mass is 16.6. The number of nitrogens with one attached hydrogen (secondary N) is 2. The minimum absolute atomic E-state index is 0.0301. The molecule has 1 unspecified atom stereocenters. The predicted molar refractivity (Wildman–Crippen MR) is 215 cm³/mol. The summed E-state index contributed by atoms with van der Waals surface area (Å²) in [6.45, 7) is 6.01. The van der Waals surface area contributed by atoms with Crippen molar-refractivity contribution >= 4 is 41.2 Å². The van der Waals surface area contributed by atoms with Crippen molar-refractivity contribution < 1.29 is 52.5 Å². The van der Waals surface area contributed by atoms with Crippen molar-refractivity contribution in [3.63, 3.8) is 0 Å². The van der Waals surface area contributed by atoms with Crippen LogP contribution in [-0.4, -0.2) is 106 Å². The van der Waals surface area contributed by atoms with Gasteiger partial charge >= 0.3 is 5.97 Å². The third kappa shape index (κ3) is 19.1. The van der Waals surface area contributed by atoms with E-state index in [0.717, 1.165) is 30.6 Å². The van der Waals surface area contributed by atoms with Crippen LogP contribution in [0.25, 0.3) is 0 Å². The van der Waals surface area contributed by atoms with E-state index in [9.17, 15) is 28.8 Å². The average molecular weight is 802 g/mol. The van der Waals surface area contributed by atoms with Gasteiger partial charge in [0.25, 0.3) is 11.8 Å². The predicted octanol–water partition coefficient (Wildman–Crippen LogP) is 6.68. The Morgan fingerprint density at radius 1 is 0.649 bits per heavy atom. The van der Waals surface area contributed by atoms with Gasteiger partial charge in [0.1, 0.15) is 12.6 Å². The quantitative estimate of drug-likeness (QED) is 0.0432. The number of unbranched alkanes of at least 4 members (excludes halogenated alkanes) is 14. The number of benzene rings is 1. The Hall–Kier alpha value is -3.72. The zero-order chi connectivity index (χ0) is 40.9. The Bertz CT molecular complexity index is 1390. The van der Waals surface area contributed by atoms with Crippen molar-refractivity contribution in [2.75, 3.05) is 64.8 Å². The lowest BCUT2D eigenvalue weighted by Crippen LogP contribution is -2.54. The van der Waals surface area contributed by atoms with Crippen molar-refractivity contribution in [2.24, 2.45) is 0 Å². The van der Waals surface area contributed by atoms with Gasteiger partial charge < -0.3 is 29.0 Å². The molecule has 2 heterocycles. The molecule has 14 nitrogen and oxygen atoms in total. The molecule has 2 aliphatic rings. The fourth-order valence-corrected chi connectivity index (χ4v) is 6.83. The van der Waals surface area contributed by atoms with Gasteiger partial charge in [-0.25, -0.2) is 0 Å². The molecule has 1 saturated heterocycles. The van der Waals surface area contributed by atoms with Gasteiger partial charge in [-0.15, -0.1) is 0 Å². The van der Waals surface area contributed by atoms with E-state index in [1.165, 1.54) is 76.7 Å². The average Bonchev–Trinajstić information content (AvgIpc) is 3.45. The molecule has 5 amide bonds. The second-order valence-corrected chi connectivity index (χ2v) is 14.7. The Kier molecular flexibility index (Phi) is 24.7. The zero-order valence-electron chi connectivity index (χ0n) is 34.3. The Labute approximate surface area is 338 Å². The molecule has 0 radical (unpaired) electrons. The minimum atomic E-state index is -1.07. The number of piperidine rings is 1. The third-order valence-corrected chi connectivity index (χ3v) is 10.0. The highest BCUT2D eigenvalue weighted by Gasteiger charge is 2.45. The third-order valence-electron chi connectivity index (χ3n) is 10.0. The van der Waals surface area contributed by atoms with E-state index in [1.807, 2.05) is 0 Å². The monoisotopic (exact) mass is 801 g/mol. The van der Waals surface area contributed by atoms with Crippen LogP contribution >= 0.6 is 0 Å². The number of amides is 5. The normalized spacial score (nSPS) is 15.2. The molecule has 1 fully saturated rings. The summed E-state index contributed by atoms with van der Waals surface area (Å²) in [5.74, 6) is -2.86. The SMILES string of the molecule is CCCCCCCCCCCCCCCC(=O)OCCOCCOCCOCCOCCCCCC(=O)Nc1cccc2c1C(=O)N(C1CCC(=O)NC1=O)C2=O. The molecule has 0 spiro atoms. The largest absolute Gasteiger partial charge is 0.463 e. The number of esters is 1. The lowest BCUT2D eigenvalue weighted by atomic mass is 10.0. The van der Waals surface area contributed by atoms with E-state index in [-0.39, 0.29) is 54.6 Å². The van der Waals surface area contributed by atoms with Crippen molar-refractivity contribution in [1.82, 2.24) is 10.2 Å². The van der Waals surface area contributed by atoms with Crippen LogP contribution in [0.1, 0.15) is 156 Å². The number of carbonyl (C=O) groups excluding carboxylic acids is 6. The van der Waals surface area contributed by atoms with Gasteiger partial charge in [-0.05, 0) is 37.8 Å². The Morgan fingerprint density at radius 3 is 1.77 bits per heavy atom. The number of fused-ring (bicyclic) bond motifs is 1. The van der Waals surface area contributed by atoms with Crippen LogP contribution in [0.5, 0.6) is 0 Å². The highest BCUT2D eigenvalue weighted by molar-refractivity contribution is 6.26. The van der Waals surface area contributed by atoms with Crippen LogP contribution in [0, 0.1) is 0 Å². The van der Waals surface area contributed by atoms with Crippen LogP contribution in [0.15, 0.2) is 18.2 Å². The lowest BCUT2D eigenvalue weighted by molar-refractivity contribution is -0.145. The fraction of sp³-hybridized carbons (Fsp3) is 0.721. The molecule has 1 aromatic rings. The first-order valence-electron chi connectivity index (χ1n) is 21.4. The molecule has 0 aromatic heterocycles. The van der Waals surface area contributed by atoms with Gasteiger partial charge in [-0.2, -0.15) is 0 Å². The minimum Gasteiger partial charge on any atom is -0.463 e. The molecule has 1 aromatic carbocycles. The van der Waals surface area contributed by atoms with Crippen molar-refractivity contribution in [3.8, 4) is 0 Å². The molecular formula is C43H67N3O11. The number of anilines is 1. The smallest absolute Gasteiger partial charge is 0.305 e. The van der Waals surface area contributed by atoms with Gasteiger partial charge in [0, 0.05) is 25.9 Å². The second kappa shape index (κ2) is 29.5. The Balaban J connectivity index is 1.05. The standard InChI is InChI=1S/C43H67N3O11/c1-2-3-4-5-6-7-8-9-10-11-12-13-16-22-39(49)57-33-32-56-31-30-55-29-28-54-27-26-53-25-17-14-15-21-37(47)44-35-20-18-19-34-40(35)43(52)46(42(34)51)36-23-24-38(48)45-41(36)50/h18-20,36H,2-17,21-33H2,1H3,(H,44,47)(H,45,48,50). The van der Waals surface area contributed by atoms with Gasteiger partial charge in [0.2, 0.25) is 17.7 Å². The van der Waals surface area contributed by atoms with Crippen LogP contribution in [-0.2, 0) is 42.9 Å². The van der Waals surface area contributed by atoms with Crippen LogP contribution in [0.4, 0.5) is 5.69 Å². The number of ether oxygens (including phenoxy) is 5. The molecule has 0 aliphatic carbocycles. The maximum atomic E-state index is 13.2. The number of rotatable bonds is 34. The van der Waals surface area contributed by atoms with Crippen molar-refractivity contribution in [1.29, 1.82) is 0 Å². The van der Waals surface area contributed by atoms with E-state index < -0.39 is 29.7 Å². The first-order valence-corrected chi connectivity index (χ1v) is 21.4. The number of imide groups is 2. The molecule has 14 heteroatoms. The van der Waals surface area contributed by atoms with E-state index in [1.54, 1.807) is 12.1 Å². The molecule has 1 atom stereocenters. The topological polar surface area (TPSA) is 176 Å². The zero-order valence-corrected chi connectivity index (χ0v) is 34.3. The Morgan fingerprint density at radius 2 is 1.18 bits per heavy atom. The van der Waals surface area contributed by atoms with Gasteiger partial charge in [-0.1, -0.05) is 96.5 Å². The van der Waals surface area contributed by atoms with Crippen molar-refractivity contribution in [3.05, 3.63) is 29.3 Å². The molecule has 2 N–H and O–H groups in total. The lowest BCUT2D eigenvalue weighted by Gasteiger charge is -2.27.